The van der Waals surface area contributed by atoms with Gasteiger partial charge in [0.1, 0.15) is 0 Å². The van der Waals surface area contributed by atoms with Crippen LogP contribution in [-0.4, -0.2) is 40.9 Å². The van der Waals surface area contributed by atoms with Crippen molar-refractivity contribution < 1.29 is 4.79 Å². The Kier molecular flexibility index (Phi) is 3.16. The molecule has 112 valence electrons. The monoisotopic (exact) mass is 293 g/mol. The first kappa shape index (κ1) is 13.4. The molecule has 4 nitrogen and oxygen atoms in total. The molecule has 3 aliphatic rings. The van der Waals surface area contributed by atoms with E-state index in [1.807, 2.05) is 35.0 Å². The van der Waals surface area contributed by atoms with Crippen molar-refractivity contribution in [3.05, 3.63) is 41.7 Å². The van der Waals surface area contributed by atoms with E-state index in [-0.39, 0.29) is 11.9 Å². The minimum atomic E-state index is 0.0107. The highest BCUT2D eigenvalue weighted by Crippen LogP contribution is 2.27. The molecule has 5 rings (SSSR count). The lowest BCUT2D eigenvalue weighted by Crippen LogP contribution is -2.57. The zero-order valence-electron chi connectivity index (χ0n) is 12.5. The predicted molar refractivity (Wildman–Crippen MR) is 85.8 cm³/mol. The standard InChI is InChI=1S/C18H19N3O/c1-2-13-9-16-4-3-15(11-21(16)10-13)18(22)19-17-12-20-7-5-14(17)6-8-20/h1,3-4,9-11,14,17H,5-8,12H2,(H,19,22). The molecule has 22 heavy (non-hydrogen) atoms. The number of pyridine rings is 1. The number of carbonyl (C=O) groups excluding carboxylic acids is 1. The lowest BCUT2D eigenvalue weighted by molar-refractivity contribution is 0.0620. The average molecular weight is 293 g/mol. The van der Waals surface area contributed by atoms with Crippen molar-refractivity contribution in [3.63, 3.8) is 0 Å². The van der Waals surface area contributed by atoms with Crippen LogP contribution in [-0.2, 0) is 0 Å². The maximum Gasteiger partial charge on any atom is 0.253 e. The average Bonchev–Trinajstić information content (AvgIpc) is 2.98. The Hall–Kier alpha value is -2.25. The number of nitrogens with zero attached hydrogens (tertiary/aromatic N) is 2. The minimum Gasteiger partial charge on any atom is -0.348 e. The van der Waals surface area contributed by atoms with Crippen LogP contribution in [0.15, 0.2) is 30.6 Å². The molecule has 0 saturated carbocycles. The number of carbonyl (C=O) groups is 1. The van der Waals surface area contributed by atoms with Gasteiger partial charge in [0, 0.05) is 36.1 Å². The van der Waals surface area contributed by atoms with E-state index in [2.05, 4.69) is 16.1 Å². The van der Waals surface area contributed by atoms with Gasteiger partial charge in [-0.25, -0.2) is 0 Å². The SMILES string of the molecule is C#Cc1cc2ccc(C(=O)NC3CN4CCC3CC4)cn2c1. The van der Waals surface area contributed by atoms with E-state index in [0.717, 1.165) is 17.6 Å². The molecule has 0 spiro atoms. The molecule has 1 unspecified atom stereocenters. The molecule has 0 radical (unpaired) electrons. The van der Waals surface area contributed by atoms with Crippen LogP contribution in [0.25, 0.3) is 5.52 Å². The molecular weight excluding hydrogens is 274 g/mol. The third-order valence-corrected chi connectivity index (χ3v) is 4.99. The van der Waals surface area contributed by atoms with Crippen LogP contribution >= 0.6 is 0 Å². The number of terminal acetylenes is 1. The maximum absolute atomic E-state index is 12.5. The molecule has 4 heteroatoms. The van der Waals surface area contributed by atoms with E-state index in [1.165, 1.54) is 25.9 Å². The molecule has 0 aromatic carbocycles. The number of piperidine rings is 3. The number of hydrogen-bond acceptors (Lipinski definition) is 2. The summed E-state index contributed by atoms with van der Waals surface area (Å²) < 4.78 is 1.92. The van der Waals surface area contributed by atoms with Crippen molar-refractivity contribution in [3.8, 4) is 12.3 Å². The number of aromatic nitrogens is 1. The summed E-state index contributed by atoms with van der Waals surface area (Å²) in [5.41, 5.74) is 2.52. The summed E-state index contributed by atoms with van der Waals surface area (Å²) >= 11 is 0. The second-order valence-electron chi connectivity index (χ2n) is 6.34. The quantitative estimate of drug-likeness (QED) is 0.856. The molecule has 2 aromatic rings. The molecule has 3 saturated heterocycles. The van der Waals surface area contributed by atoms with Gasteiger partial charge in [-0.2, -0.15) is 0 Å². The van der Waals surface area contributed by atoms with E-state index < -0.39 is 0 Å². The Bertz CT molecular complexity index is 762. The van der Waals surface area contributed by atoms with Crippen LogP contribution in [0.2, 0.25) is 0 Å². The molecule has 1 amide bonds. The number of fused-ring (bicyclic) bond motifs is 4. The summed E-state index contributed by atoms with van der Waals surface area (Å²) in [6.07, 6.45) is 11.6. The Morgan fingerprint density at radius 3 is 2.77 bits per heavy atom. The van der Waals surface area contributed by atoms with E-state index in [4.69, 9.17) is 6.42 Å². The third-order valence-electron chi connectivity index (χ3n) is 4.99. The molecule has 2 bridgehead atoms. The Morgan fingerprint density at radius 1 is 1.27 bits per heavy atom. The highest BCUT2D eigenvalue weighted by molar-refractivity contribution is 5.94. The summed E-state index contributed by atoms with van der Waals surface area (Å²) in [5, 5.41) is 3.22. The van der Waals surface area contributed by atoms with Crippen LogP contribution in [0.4, 0.5) is 0 Å². The van der Waals surface area contributed by atoms with Crippen LogP contribution in [0.3, 0.4) is 0 Å². The summed E-state index contributed by atoms with van der Waals surface area (Å²) in [5.74, 6) is 3.27. The molecule has 5 heterocycles. The number of rotatable bonds is 2. The van der Waals surface area contributed by atoms with Gasteiger partial charge < -0.3 is 14.6 Å². The van der Waals surface area contributed by atoms with Crippen LogP contribution < -0.4 is 5.32 Å². The first-order chi connectivity index (χ1) is 10.7. The first-order valence-corrected chi connectivity index (χ1v) is 7.84. The fourth-order valence-electron chi connectivity index (χ4n) is 3.70. The highest BCUT2D eigenvalue weighted by atomic mass is 16.1. The molecule has 1 N–H and O–H groups in total. The van der Waals surface area contributed by atoms with Gasteiger partial charge in [-0.3, -0.25) is 4.79 Å². The van der Waals surface area contributed by atoms with Crippen molar-refractivity contribution in [2.24, 2.45) is 5.92 Å². The van der Waals surface area contributed by atoms with Crippen molar-refractivity contribution in [1.82, 2.24) is 14.6 Å². The zero-order chi connectivity index (χ0) is 15.1. The van der Waals surface area contributed by atoms with Gasteiger partial charge >= 0.3 is 0 Å². The van der Waals surface area contributed by atoms with Gasteiger partial charge in [0.05, 0.1) is 5.56 Å². The normalized spacial score (nSPS) is 26.8. The lowest BCUT2D eigenvalue weighted by Gasteiger charge is -2.44. The van der Waals surface area contributed by atoms with Crippen LogP contribution in [0, 0.1) is 18.3 Å². The van der Waals surface area contributed by atoms with Gasteiger partial charge in [0.2, 0.25) is 0 Å². The fraction of sp³-hybridized carbons (Fsp3) is 0.389. The highest BCUT2D eigenvalue weighted by Gasteiger charge is 2.34. The molecule has 2 aromatic heterocycles. The van der Waals surface area contributed by atoms with Gasteiger partial charge in [0.25, 0.3) is 5.91 Å². The largest absolute Gasteiger partial charge is 0.348 e. The smallest absolute Gasteiger partial charge is 0.253 e. The maximum atomic E-state index is 12.5. The minimum absolute atomic E-state index is 0.0107. The van der Waals surface area contributed by atoms with Crippen molar-refractivity contribution in [2.45, 2.75) is 18.9 Å². The Labute approximate surface area is 130 Å². The zero-order valence-corrected chi connectivity index (χ0v) is 12.5. The van der Waals surface area contributed by atoms with Crippen molar-refractivity contribution in [1.29, 1.82) is 0 Å². The van der Waals surface area contributed by atoms with Crippen LogP contribution in [0.5, 0.6) is 0 Å². The van der Waals surface area contributed by atoms with E-state index >= 15 is 0 Å². The number of nitrogens with one attached hydrogen (secondary N) is 1. The van der Waals surface area contributed by atoms with E-state index in [9.17, 15) is 4.79 Å². The van der Waals surface area contributed by atoms with Crippen LogP contribution in [0.1, 0.15) is 28.8 Å². The Balaban J connectivity index is 1.54. The first-order valence-electron chi connectivity index (χ1n) is 7.84. The molecule has 3 aliphatic heterocycles. The summed E-state index contributed by atoms with van der Waals surface area (Å²) in [6, 6.07) is 6.03. The Morgan fingerprint density at radius 2 is 2.09 bits per heavy atom. The van der Waals surface area contributed by atoms with E-state index in [1.54, 1.807) is 0 Å². The molecule has 0 aliphatic carbocycles. The number of hydrogen-bond donors (Lipinski definition) is 1. The number of amides is 1. The van der Waals surface area contributed by atoms with Crippen molar-refractivity contribution in [2.75, 3.05) is 19.6 Å². The molecular formula is C18H19N3O. The van der Waals surface area contributed by atoms with Gasteiger partial charge in [-0.15, -0.1) is 6.42 Å². The summed E-state index contributed by atoms with van der Waals surface area (Å²) in [7, 11) is 0. The van der Waals surface area contributed by atoms with E-state index in [0.29, 0.717) is 11.5 Å². The van der Waals surface area contributed by atoms with Gasteiger partial charge in [0.15, 0.2) is 0 Å². The molecule has 3 fully saturated rings. The topological polar surface area (TPSA) is 36.8 Å². The lowest BCUT2D eigenvalue weighted by atomic mass is 9.84. The van der Waals surface area contributed by atoms with Gasteiger partial charge in [-0.05, 0) is 50.0 Å². The molecule has 1 atom stereocenters. The fourth-order valence-corrected chi connectivity index (χ4v) is 3.70. The van der Waals surface area contributed by atoms with Crippen molar-refractivity contribution >= 4 is 11.4 Å². The predicted octanol–water partition coefficient (Wildman–Crippen LogP) is 1.74. The third kappa shape index (κ3) is 2.28. The van der Waals surface area contributed by atoms with Gasteiger partial charge in [-0.1, -0.05) is 5.92 Å². The second-order valence-corrected chi connectivity index (χ2v) is 6.34. The summed E-state index contributed by atoms with van der Waals surface area (Å²) in [4.78, 5) is 15.0. The summed E-state index contributed by atoms with van der Waals surface area (Å²) in [6.45, 7) is 3.35. The second kappa shape index (κ2) is 5.19.